The molecule has 2 heterocycles. The van der Waals surface area contributed by atoms with Crippen LogP contribution in [0.1, 0.15) is 44.6 Å². The summed E-state index contributed by atoms with van der Waals surface area (Å²) in [5, 5.41) is 13.5. The molecule has 3 aromatic carbocycles. The second-order valence-electron chi connectivity index (χ2n) is 11.4. The van der Waals surface area contributed by atoms with Gasteiger partial charge in [-0.1, -0.05) is 23.7 Å². The molecular weight excluding hydrogens is 590 g/mol. The van der Waals surface area contributed by atoms with Crippen LogP contribution in [0.3, 0.4) is 0 Å². The van der Waals surface area contributed by atoms with E-state index in [4.69, 9.17) is 22.3 Å². The molecule has 5 rings (SSSR count). The summed E-state index contributed by atoms with van der Waals surface area (Å²) in [5.41, 5.74) is 12.8. The van der Waals surface area contributed by atoms with Crippen LogP contribution in [-0.2, 0) is 13.1 Å². The minimum atomic E-state index is -0.986. The van der Waals surface area contributed by atoms with E-state index in [2.05, 4.69) is 10.2 Å². The lowest BCUT2D eigenvalue weighted by Gasteiger charge is -2.35. The van der Waals surface area contributed by atoms with Gasteiger partial charge in [0.1, 0.15) is 5.82 Å². The van der Waals surface area contributed by atoms with Gasteiger partial charge in [-0.15, -0.1) is 0 Å². The standard InChI is InChI=1S/C34H40ClN7O3/c1-5-37-25(19-36)20-42-31-17-24(34(44)45)8-10-29(31)38-32(42)21-40-12-14-41(15-13-40)33(43)27-18-26(9-7-23(27)3)39(4)30-11-6-22(2)16-28(30)35/h6-11,16-19,37H,5,12-15,20-21,36H2,1-4H3,(H,44,45)/b25-19-. The summed E-state index contributed by atoms with van der Waals surface area (Å²) in [6.45, 7) is 10.2. The second-order valence-corrected chi connectivity index (χ2v) is 11.8. The molecule has 4 aromatic rings. The van der Waals surface area contributed by atoms with Crippen molar-refractivity contribution in [3.63, 3.8) is 0 Å². The van der Waals surface area contributed by atoms with Gasteiger partial charge < -0.3 is 30.5 Å². The van der Waals surface area contributed by atoms with Gasteiger partial charge in [0, 0.05) is 62.9 Å². The highest BCUT2D eigenvalue weighted by atomic mass is 35.5. The van der Waals surface area contributed by atoms with Crippen LogP contribution in [0.15, 0.2) is 66.5 Å². The van der Waals surface area contributed by atoms with Gasteiger partial charge in [0.05, 0.1) is 40.4 Å². The largest absolute Gasteiger partial charge is 0.478 e. The van der Waals surface area contributed by atoms with Gasteiger partial charge in [-0.2, -0.15) is 0 Å². The fourth-order valence-corrected chi connectivity index (χ4v) is 6.08. The van der Waals surface area contributed by atoms with Crippen molar-refractivity contribution < 1.29 is 14.7 Å². The Balaban J connectivity index is 1.31. The van der Waals surface area contributed by atoms with Crippen LogP contribution in [0.4, 0.5) is 11.4 Å². The number of piperazine rings is 1. The van der Waals surface area contributed by atoms with Gasteiger partial charge in [0.25, 0.3) is 5.91 Å². The maximum Gasteiger partial charge on any atom is 0.335 e. The highest BCUT2D eigenvalue weighted by Crippen LogP contribution is 2.32. The third-order valence-electron chi connectivity index (χ3n) is 8.34. The van der Waals surface area contributed by atoms with Crippen LogP contribution in [-0.4, -0.2) is 76.1 Å². The maximum absolute atomic E-state index is 13.8. The number of aromatic nitrogens is 2. The summed E-state index contributed by atoms with van der Waals surface area (Å²) < 4.78 is 2.02. The van der Waals surface area contributed by atoms with Crippen molar-refractivity contribution >= 4 is 45.9 Å². The quantitative estimate of drug-likeness (QED) is 0.221. The number of fused-ring (bicyclic) bond motifs is 1. The highest BCUT2D eigenvalue weighted by Gasteiger charge is 2.26. The average molecular weight is 630 g/mol. The van der Waals surface area contributed by atoms with Gasteiger partial charge in [-0.05, 0) is 74.4 Å². The minimum absolute atomic E-state index is 0.00852. The summed E-state index contributed by atoms with van der Waals surface area (Å²) in [6, 6.07) is 16.9. The van der Waals surface area contributed by atoms with Crippen LogP contribution in [0.2, 0.25) is 5.02 Å². The number of imidazole rings is 1. The van der Waals surface area contributed by atoms with E-state index in [0.29, 0.717) is 56.4 Å². The van der Waals surface area contributed by atoms with Crippen molar-refractivity contribution in [1.82, 2.24) is 24.7 Å². The molecule has 1 aliphatic heterocycles. The molecule has 1 aliphatic rings. The number of hydrogen-bond acceptors (Lipinski definition) is 7. The zero-order valence-corrected chi connectivity index (χ0v) is 26.9. The molecule has 0 bridgehead atoms. The summed E-state index contributed by atoms with van der Waals surface area (Å²) in [5.74, 6) is -0.167. The number of hydrogen-bond donors (Lipinski definition) is 3. The monoisotopic (exact) mass is 629 g/mol. The first-order valence-corrected chi connectivity index (χ1v) is 15.5. The number of aromatic carboxylic acids is 1. The van der Waals surface area contributed by atoms with Crippen LogP contribution < -0.4 is 16.0 Å². The average Bonchev–Trinajstić information content (AvgIpc) is 3.36. The van der Waals surface area contributed by atoms with Crippen molar-refractivity contribution in [3.05, 3.63) is 99.6 Å². The molecule has 0 atom stereocenters. The number of rotatable bonds is 10. The number of anilines is 2. The van der Waals surface area contributed by atoms with E-state index in [9.17, 15) is 14.7 Å². The van der Waals surface area contributed by atoms with E-state index in [1.54, 1.807) is 18.2 Å². The number of allylic oxidation sites excluding steroid dienone is 1. The first-order chi connectivity index (χ1) is 21.6. The number of aryl methyl sites for hydroxylation is 2. The number of halogens is 1. The molecule has 1 saturated heterocycles. The van der Waals surface area contributed by atoms with E-state index >= 15 is 0 Å². The number of carboxylic acids is 1. The molecule has 1 amide bonds. The number of amides is 1. The Morgan fingerprint density at radius 3 is 2.49 bits per heavy atom. The Bertz CT molecular complexity index is 1760. The fraction of sp³-hybridized carbons (Fsp3) is 0.324. The third-order valence-corrected chi connectivity index (χ3v) is 8.64. The molecule has 236 valence electrons. The number of nitrogens with zero attached hydrogens (tertiary/aromatic N) is 5. The van der Waals surface area contributed by atoms with E-state index < -0.39 is 5.97 Å². The van der Waals surface area contributed by atoms with Crippen molar-refractivity contribution in [3.8, 4) is 0 Å². The van der Waals surface area contributed by atoms with E-state index in [-0.39, 0.29) is 11.5 Å². The third kappa shape index (κ3) is 6.92. The molecule has 0 aliphatic carbocycles. The predicted molar refractivity (Wildman–Crippen MR) is 179 cm³/mol. The molecule has 1 fully saturated rings. The summed E-state index contributed by atoms with van der Waals surface area (Å²) >= 11 is 6.54. The Labute approximate surface area is 268 Å². The number of carbonyl (C=O) groups excluding carboxylic acids is 1. The van der Waals surface area contributed by atoms with Gasteiger partial charge in [0.2, 0.25) is 0 Å². The van der Waals surface area contributed by atoms with Crippen LogP contribution in [0.25, 0.3) is 11.0 Å². The van der Waals surface area contributed by atoms with Crippen LogP contribution >= 0.6 is 11.6 Å². The van der Waals surface area contributed by atoms with Crippen LogP contribution in [0.5, 0.6) is 0 Å². The number of nitrogens with two attached hydrogens (primary N) is 1. The van der Waals surface area contributed by atoms with Crippen molar-refractivity contribution in [2.24, 2.45) is 5.73 Å². The molecule has 0 unspecified atom stereocenters. The molecule has 45 heavy (non-hydrogen) atoms. The molecule has 0 spiro atoms. The first-order valence-electron chi connectivity index (χ1n) is 15.1. The SMILES string of the molecule is CCN/C(=C\N)Cn1c(CN2CCN(C(=O)c3cc(N(C)c4ccc(C)cc4Cl)ccc3C)CC2)nc2ccc(C(=O)O)cc21. The molecule has 1 aromatic heterocycles. The normalized spacial score (nSPS) is 14.2. The Morgan fingerprint density at radius 2 is 1.82 bits per heavy atom. The highest BCUT2D eigenvalue weighted by molar-refractivity contribution is 6.33. The topological polar surface area (TPSA) is 120 Å². The summed E-state index contributed by atoms with van der Waals surface area (Å²) in [6.07, 6.45) is 1.54. The molecule has 11 heteroatoms. The predicted octanol–water partition coefficient (Wildman–Crippen LogP) is 5.14. The van der Waals surface area contributed by atoms with Gasteiger partial charge in [-0.3, -0.25) is 9.69 Å². The number of carboxylic acid groups (broad SMARTS) is 1. The van der Waals surface area contributed by atoms with Gasteiger partial charge >= 0.3 is 5.97 Å². The zero-order valence-electron chi connectivity index (χ0n) is 26.2. The minimum Gasteiger partial charge on any atom is -0.478 e. The lowest BCUT2D eigenvalue weighted by Crippen LogP contribution is -2.48. The van der Waals surface area contributed by atoms with E-state index in [0.717, 1.165) is 45.1 Å². The molecule has 0 radical (unpaired) electrons. The Kier molecular flexibility index (Phi) is 9.65. The summed E-state index contributed by atoms with van der Waals surface area (Å²) in [7, 11) is 1.95. The Hall–Kier alpha value is -4.54. The van der Waals surface area contributed by atoms with Crippen molar-refractivity contribution in [2.45, 2.75) is 33.9 Å². The lowest BCUT2D eigenvalue weighted by molar-refractivity contribution is 0.0622. The fourth-order valence-electron chi connectivity index (χ4n) is 5.72. The molecule has 0 saturated carbocycles. The van der Waals surface area contributed by atoms with Crippen molar-refractivity contribution in [2.75, 3.05) is 44.7 Å². The maximum atomic E-state index is 13.8. The number of benzene rings is 3. The summed E-state index contributed by atoms with van der Waals surface area (Å²) in [4.78, 5) is 36.5. The Morgan fingerprint density at radius 1 is 1.07 bits per heavy atom. The molecule has 10 nitrogen and oxygen atoms in total. The zero-order chi connectivity index (χ0) is 32.2. The lowest BCUT2D eigenvalue weighted by atomic mass is 10.0. The van der Waals surface area contributed by atoms with Crippen molar-refractivity contribution in [1.29, 1.82) is 0 Å². The number of carbonyl (C=O) groups is 2. The second kappa shape index (κ2) is 13.6. The van der Waals surface area contributed by atoms with Gasteiger partial charge in [0.15, 0.2) is 0 Å². The van der Waals surface area contributed by atoms with E-state index in [1.165, 1.54) is 6.20 Å². The van der Waals surface area contributed by atoms with Gasteiger partial charge in [-0.25, -0.2) is 9.78 Å². The first kappa shape index (κ1) is 31.9. The smallest absolute Gasteiger partial charge is 0.335 e. The molecular formula is C34H40ClN7O3. The molecule has 4 N–H and O–H groups in total. The number of nitrogens with one attached hydrogen (secondary N) is 1. The van der Waals surface area contributed by atoms with Crippen LogP contribution in [0, 0.1) is 13.8 Å². The number of likely N-dealkylation sites (N-methyl/N-ethyl adjacent to an activating group) is 1. The van der Waals surface area contributed by atoms with E-state index in [1.807, 2.05) is 78.6 Å².